The van der Waals surface area contributed by atoms with Crippen molar-refractivity contribution in [1.29, 1.82) is 0 Å². The Labute approximate surface area is 214 Å². The summed E-state index contributed by atoms with van der Waals surface area (Å²) in [6.45, 7) is 7.56. The van der Waals surface area contributed by atoms with Gasteiger partial charge in [0.05, 0.1) is 36.1 Å². The Kier molecular flexibility index (Phi) is 5.69. The highest BCUT2D eigenvalue weighted by Crippen LogP contribution is 2.28. The fourth-order valence-electron chi connectivity index (χ4n) is 4.84. The van der Waals surface area contributed by atoms with Crippen LogP contribution in [0.25, 0.3) is 22.2 Å². The lowest BCUT2D eigenvalue weighted by molar-refractivity contribution is -0.547. The smallest absolute Gasteiger partial charge is 0.410 e. The summed E-state index contributed by atoms with van der Waals surface area (Å²) in [7, 11) is 0. The number of hydrogen-bond acceptors (Lipinski definition) is 7. The maximum Gasteiger partial charge on any atom is 0.410 e. The van der Waals surface area contributed by atoms with E-state index in [9.17, 15) is 4.79 Å². The van der Waals surface area contributed by atoms with Gasteiger partial charge in [-0.25, -0.2) is 9.79 Å². The molecule has 0 bridgehead atoms. The highest BCUT2D eigenvalue weighted by Gasteiger charge is 2.32. The Morgan fingerprint density at radius 3 is 2.78 bits per heavy atom. The molecule has 1 saturated heterocycles. The zero-order chi connectivity index (χ0) is 25.6. The maximum atomic E-state index is 12.4. The number of aromatic nitrogens is 5. The third-order valence-electron chi connectivity index (χ3n) is 6.74. The van der Waals surface area contributed by atoms with Gasteiger partial charge < -0.3 is 9.64 Å². The van der Waals surface area contributed by atoms with Gasteiger partial charge in [0.2, 0.25) is 6.20 Å². The van der Waals surface area contributed by atoms with Crippen LogP contribution in [-0.2, 0) is 11.3 Å². The van der Waals surface area contributed by atoms with Crippen LogP contribution in [-0.4, -0.2) is 71.3 Å². The van der Waals surface area contributed by atoms with Crippen molar-refractivity contribution in [2.24, 2.45) is 10.1 Å². The number of likely N-dealkylation sites (tertiary alicyclic amines) is 1. The van der Waals surface area contributed by atoms with Crippen LogP contribution in [0.2, 0.25) is 0 Å². The number of rotatable bonds is 4. The minimum Gasteiger partial charge on any atom is -0.444 e. The van der Waals surface area contributed by atoms with Crippen LogP contribution in [0, 0.1) is 0 Å². The number of azo groups is 2. The number of hydrogen-bond donors (Lipinski definition) is 0. The van der Waals surface area contributed by atoms with Crippen LogP contribution in [0.5, 0.6) is 0 Å². The van der Waals surface area contributed by atoms with Gasteiger partial charge >= 0.3 is 12.3 Å². The molecule has 3 aromatic heterocycles. The topological polar surface area (TPSA) is 106 Å². The predicted octanol–water partition coefficient (Wildman–Crippen LogP) is 4.15. The summed E-state index contributed by atoms with van der Waals surface area (Å²) >= 11 is 0. The standard InChI is InChI=1S/C26H30N9O2/c1-26(2,3)37-25(36)32-9-5-21(6-10-32)34-16-19(13-30-34)18-11-23-22(28-12-18)15-31-35(23)17-20-14-29-33-8-4-7-27-24(20)33/h4,7-8,11-16,21,24H,5-6,9-10,17H2,1-3H3/q+1. The van der Waals surface area contributed by atoms with E-state index in [4.69, 9.17) is 4.74 Å². The average Bonchev–Trinajstić information content (AvgIpc) is 3.62. The summed E-state index contributed by atoms with van der Waals surface area (Å²) in [6, 6.07) is 2.34. The monoisotopic (exact) mass is 500 g/mol. The van der Waals surface area contributed by atoms with E-state index >= 15 is 0 Å². The van der Waals surface area contributed by atoms with E-state index < -0.39 is 5.60 Å². The first-order chi connectivity index (χ1) is 17.8. The number of aliphatic imine (C=N–C) groups is 1. The van der Waals surface area contributed by atoms with Crippen molar-refractivity contribution in [1.82, 2.24) is 29.4 Å². The fraction of sp³-hybridized carbons (Fsp3) is 0.423. The van der Waals surface area contributed by atoms with E-state index in [1.807, 2.05) is 65.7 Å². The second-order valence-electron chi connectivity index (χ2n) is 10.6. The molecule has 6 heterocycles. The Morgan fingerprint density at radius 2 is 1.97 bits per heavy atom. The largest absolute Gasteiger partial charge is 0.444 e. The van der Waals surface area contributed by atoms with Crippen molar-refractivity contribution in [3.05, 3.63) is 54.9 Å². The van der Waals surface area contributed by atoms with Gasteiger partial charge in [0, 0.05) is 48.9 Å². The first-order valence-corrected chi connectivity index (χ1v) is 12.6. The predicted molar refractivity (Wildman–Crippen MR) is 137 cm³/mol. The molecular formula is C26H30N9O2+. The number of fused-ring (bicyclic) bond motifs is 2. The van der Waals surface area contributed by atoms with Gasteiger partial charge in [0.25, 0.3) is 0 Å². The van der Waals surface area contributed by atoms with Gasteiger partial charge in [-0.3, -0.25) is 14.3 Å². The van der Waals surface area contributed by atoms with Gasteiger partial charge in [0.1, 0.15) is 17.3 Å². The normalized spacial score (nSPS) is 19.8. The van der Waals surface area contributed by atoms with Crippen molar-refractivity contribution in [2.75, 3.05) is 13.1 Å². The second kappa shape index (κ2) is 9.06. The SMILES string of the molecule is CC(C)(C)OC(=O)N1CCC(n2cc(-c3cnc4cnn(CC5=CN=[N+]6C=CC=NC56)c4c3)cn2)CC1. The molecule has 0 spiro atoms. The first kappa shape index (κ1) is 23.3. The lowest BCUT2D eigenvalue weighted by Crippen LogP contribution is -2.42. The molecule has 1 unspecified atom stereocenters. The number of amides is 1. The third-order valence-corrected chi connectivity index (χ3v) is 6.74. The minimum absolute atomic E-state index is 0.111. The molecule has 11 nitrogen and oxygen atoms in total. The average molecular weight is 501 g/mol. The molecule has 3 aromatic rings. The molecule has 190 valence electrons. The highest BCUT2D eigenvalue weighted by molar-refractivity contribution is 5.80. The van der Waals surface area contributed by atoms with Crippen molar-refractivity contribution in [2.45, 2.75) is 58.0 Å². The highest BCUT2D eigenvalue weighted by atomic mass is 16.6. The van der Waals surface area contributed by atoms with Gasteiger partial charge in [-0.1, -0.05) is 4.70 Å². The van der Waals surface area contributed by atoms with Crippen LogP contribution >= 0.6 is 0 Å². The Morgan fingerprint density at radius 1 is 1.14 bits per heavy atom. The first-order valence-electron chi connectivity index (χ1n) is 12.6. The van der Waals surface area contributed by atoms with E-state index in [1.165, 1.54) is 0 Å². The summed E-state index contributed by atoms with van der Waals surface area (Å²) in [5, 5.41) is 13.6. The van der Waals surface area contributed by atoms with Crippen molar-refractivity contribution in [3.8, 4) is 11.1 Å². The van der Waals surface area contributed by atoms with E-state index in [-0.39, 0.29) is 18.3 Å². The molecule has 1 atom stereocenters. The van der Waals surface area contributed by atoms with Crippen molar-refractivity contribution in [3.63, 3.8) is 0 Å². The Bertz CT molecular complexity index is 1460. The number of nitrogens with zero attached hydrogens (tertiary/aromatic N) is 9. The van der Waals surface area contributed by atoms with Gasteiger partial charge in [-0.2, -0.15) is 10.2 Å². The van der Waals surface area contributed by atoms with Crippen LogP contribution in [0.15, 0.2) is 65.0 Å². The number of piperidine rings is 1. The van der Waals surface area contributed by atoms with E-state index in [0.29, 0.717) is 19.6 Å². The number of ether oxygens (including phenoxy) is 1. The summed E-state index contributed by atoms with van der Waals surface area (Å²) < 4.78 is 11.3. The number of carbonyl (C=O) groups is 1. The molecular weight excluding hydrogens is 470 g/mol. The summed E-state index contributed by atoms with van der Waals surface area (Å²) in [4.78, 5) is 23.3. The number of pyridine rings is 1. The fourth-order valence-corrected chi connectivity index (χ4v) is 4.84. The summed E-state index contributed by atoms with van der Waals surface area (Å²) in [5.74, 6) is 0. The van der Waals surface area contributed by atoms with E-state index in [0.717, 1.165) is 40.6 Å². The third kappa shape index (κ3) is 4.68. The molecule has 0 aliphatic carbocycles. The van der Waals surface area contributed by atoms with Crippen molar-refractivity contribution < 1.29 is 14.2 Å². The zero-order valence-corrected chi connectivity index (χ0v) is 21.2. The molecule has 1 fully saturated rings. The minimum atomic E-state index is -0.486. The maximum absolute atomic E-state index is 12.4. The van der Waals surface area contributed by atoms with Gasteiger partial charge in [-0.05, 0) is 44.8 Å². The molecule has 6 rings (SSSR count). The molecule has 3 aliphatic heterocycles. The Hall–Kier alpha value is -4.15. The molecule has 3 aliphatic rings. The zero-order valence-electron chi connectivity index (χ0n) is 21.2. The van der Waals surface area contributed by atoms with Crippen LogP contribution in [0.3, 0.4) is 0 Å². The van der Waals surface area contributed by atoms with Gasteiger partial charge in [-0.15, -0.1) is 0 Å². The van der Waals surface area contributed by atoms with E-state index in [1.54, 1.807) is 17.3 Å². The van der Waals surface area contributed by atoms with Crippen LogP contribution < -0.4 is 0 Å². The van der Waals surface area contributed by atoms with Crippen LogP contribution in [0.4, 0.5) is 4.79 Å². The van der Waals surface area contributed by atoms with E-state index in [2.05, 4.69) is 37.6 Å². The number of carbonyl (C=O) groups excluding carboxylic acids is 1. The second-order valence-corrected chi connectivity index (χ2v) is 10.6. The lowest BCUT2D eigenvalue weighted by Gasteiger charge is -2.33. The molecule has 0 radical (unpaired) electrons. The van der Waals surface area contributed by atoms with Crippen molar-refractivity contribution >= 4 is 23.3 Å². The molecule has 0 N–H and O–H groups in total. The molecule has 0 aromatic carbocycles. The van der Waals surface area contributed by atoms with Crippen LogP contribution in [0.1, 0.15) is 39.7 Å². The molecule has 37 heavy (non-hydrogen) atoms. The summed E-state index contributed by atoms with van der Waals surface area (Å²) in [5.41, 5.74) is 4.36. The number of allylic oxidation sites excluding steroid dienone is 1. The summed E-state index contributed by atoms with van der Waals surface area (Å²) in [6.07, 6.45) is 16.4. The lowest BCUT2D eigenvalue weighted by atomic mass is 10.1. The molecule has 1 amide bonds. The Balaban J connectivity index is 1.15. The molecule has 0 saturated carbocycles. The quantitative estimate of drug-likeness (QED) is 0.500. The van der Waals surface area contributed by atoms with Gasteiger partial charge in [0.15, 0.2) is 0 Å². The molecule has 11 heteroatoms.